The summed E-state index contributed by atoms with van der Waals surface area (Å²) in [4.78, 5) is 4.15. The summed E-state index contributed by atoms with van der Waals surface area (Å²) in [6.07, 6.45) is 8.63. The van der Waals surface area contributed by atoms with E-state index < -0.39 is 0 Å². The van der Waals surface area contributed by atoms with E-state index in [-0.39, 0.29) is 0 Å². The minimum atomic E-state index is 0.434. The van der Waals surface area contributed by atoms with Crippen LogP contribution in [0.1, 0.15) is 45.6 Å². The smallest absolute Gasteiger partial charge is 0.0299 e. The Morgan fingerprint density at radius 1 is 1.29 bits per heavy atom. The maximum Gasteiger partial charge on any atom is 0.0299 e. The average molecular weight is 234 g/mol. The molecule has 0 aliphatic rings. The zero-order chi connectivity index (χ0) is 12.7. The highest BCUT2D eigenvalue weighted by Gasteiger charge is 2.14. The van der Waals surface area contributed by atoms with Crippen molar-refractivity contribution in [3.8, 4) is 0 Å². The molecule has 1 unspecified atom stereocenters. The molecule has 0 spiro atoms. The fraction of sp³-hybridized carbons (Fsp3) is 0.667. The number of aryl methyl sites for hydroxylation is 1. The van der Waals surface area contributed by atoms with Gasteiger partial charge in [0.2, 0.25) is 0 Å². The zero-order valence-corrected chi connectivity index (χ0v) is 11.7. The largest absolute Gasteiger partial charge is 0.317 e. The minimum absolute atomic E-state index is 0.434. The molecular weight excluding hydrogens is 208 g/mol. The fourth-order valence-corrected chi connectivity index (χ4v) is 1.93. The summed E-state index contributed by atoms with van der Waals surface area (Å²) in [5.41, 5.74) is 1.77. The molecule has 2 nitrogen and oxygen atoms in total. The van der Waals surface area contributed by atoms with Gasteiger partial charge >= 0.3 is 0 Å². The van der Waals surface area contributed by atoms with Gasteiger partial charge in [-0.05, 0) is 49.8 Å². The Balaban J connectivity index is 2.33. The number of hydrogen-bond donors (Lipinski definition) is 1. The van der Waals surface area contributed by atoms with Gasteiger partial charge in [-0.25, -0.2) is 0 Å². The van der Waals surface area contributed by atoms with E-state index in [1.54, 1.807) is 0 Å². The number of pyridine rings is 1. The van der Waals surface area contributed by atoms with Crippen LogP contribution < -0.4 is 5.32 Å². The third-order valence-electron chi connectivity index (χ3n) is 3.16. The number of nitrogens with one attached hydrogen (secondary N) is 1. The van der Waals surface area contributed by atoms with E-state index in [9.17, 15) is 0 Å². The number of aromatic nitrogens is 1. The first kappa shape index (κ1) is 14.2. The van der Waals surface area contributed by atoms with E-state index in [0.717, 1.165) is 6.42 Å². The summed E-state index contributed by atoms with van der Waals surface area (Å²) in [5, 5.41) is 3.42. The molecule has 0 aliphatic carbocycles. The van der Waals surface area contributed by atoms with Crippen molar-refractivity contribution in [3.05, 3.63) is 30.1 Å². The number of nitrogens with zero attached hydrogens (tertiary/aromatic N) is 1. The van der Waals surface area contributed by atoms with Crippen molar-refractivity contribution < 1.29 is 0 Å². The lowest BCUT2D eigenvalue weighted by atomic mass is 9.87. The highest BCUT2D eigenvalue weighted by Crippen LogP contribution is 2.22. The molecule has 1 atom stereocenters. The standard InChI is InChI=1S/C15H26N2/c1-15(2,3)10-9-14(16-4)8-7-13-6-5-11-17-12-13/h5-6,11-12,14,16H,7-10H2,1-4H3. The summed E-state index contributed by atoms with van der Waals surface area (Å²) in [6.45, 7) is 6.92. The normalized spacial score (nSPS) is 13.6. The van der Waals surface area contributed by atoms with Gasteiger partial charge in [-0.15, -0.1) is 0 Å². The van der Waals surface area contributed by atoms with Gasteiger partial charge in [0.1, 0.15) is 0 Å². The van der Waals surface area contributed by atoms with Gasteiger partial charge in [0.25, 0.3) is 0 Å². The molecule has 0 bridgehead atoms. The Labute approximate surface area is 106 Å². The fourth-order valence-electron chi connectivity index (χ4n) is 1.93. The van der Waals surface area contributed by atoms with Crippen molar-refractivity contribution >= 4 is 0 Å². The van der Waals surface area contributed by atoms with Crippen LogP contribution in [-0.4, -0.2) is 18.1 Å². The predicted molar refractivity (Wildman–Crippen MR) is 74.1 cm³/mol. The topological polar surface area (TPSA) is 24.9 Å². The molecule has 0 fully saturated rings. The van der Waals surface area contributed by atoms with Crippen LogP contribution in [0.25, 0.3) is 0 Å². The molecule has 0 saturated heterocycles. The summed E-state index contributed by atoms with van der Waals surface area (Å²) in [7, 11) is 2.07. The lowest BCUT2D eigenvalue weighted by Gasteiger charge is -2.23. The molecular formula is C15H26N2. The van der Waals surface area contributed by atoms with Gasteiger partial charge in [-0.1, -0.05) is 26.8 Å². The molecule has 1 aromatic rings. The minimum Gasteiger partial charge on any atom is -0.317 e. The third kappa shape index (κ3) is 6.42. The Bertz CT molecular complexity index is 300. The van der Waals surface area contributed by atoms with Gasteiger partial charge in [0.05, 0.1) is 0 Å². The second kappa shape index (κ2) is 6.75. The second-order valence-electron chi connectivity index (χ2n) is 5.98. The molecule has 17 heavy (non-hydrogen) atoms. The summed E-state index contributed by atoms with van der Waals surface area (Å²) >= 11 is 0. The number of hydrogen-bond acceptors (Lipinski definition) is 2. The van der Waals surface area contributed by atoms with E-state index in [1.165, 1.54) is 24.8 Å². The zero-order valence-electron chi connectivity index (χ0n) is 11.7. The van der Waals surface area contributed by atoms with Gasteiger partial charge in [0.15, 0.2) is 0 Å². The Morgan fingerprint density at radius 3 is 2.59 bits per heavy atom. The van der Waals surface area contributed by atoms with E-state index in [1.807, 2.05) is 18.5 Å². The van der Waals surface area contributed by atoms with Crippen molar-refractivity contribution in [1.82, 2.24) is 10.3 Å². The van der Waals surface area contributed by atoms with Gasteiger partial charge in [-0.2, -0.15) is 0 Å². The maximum absolute atomic E-state index is 4.15. The molecule has 96 valence electrons. The highest BCUT2D eigenvalue weighted by molar-refractivity contribution is 5.08. The van der Waals surface area contributed by atoms with Crippen LogP contribution in [0.3, 0.4) is 0 Å². The highest BCUT2D eigenvalue weighted by atomic mass is 14.9. The molecule has 1 rings (SSSR count). The van der Waals surface area contributed by atoms with Crippen molar-refractivity contribution in [2.24, 2.45) is 5.41 Å². The van der Waals surface area contributed by atoms with E-state index in [2.05, 4.69) is 44.2 Å². The van der Waals surface area contributed by atoms with Gasteiger partial charge in [-0.3, -0.25) is 4.98 Å². The molecule has 1 N–H and O–H groups in total. The van der Waals surface area contributed by atoms with E-state index >= 15 is 0 Å². The molecule has 0 aromatic carbocycles. The van der Waals surface area contributed by atoms with Crippen LogP contribution in [0, 0.1) is 5.41 Å². The Morgan fingerprint density at radius 2 is 2.06 bits per heavy atom. The molecule has 2 heteroatoms. The molecule has 0 saturated carbocycles. The summed E-state index contributed by atoms with van der Waals surface area (Å²) in [6, 6.07) is 4.79. The van der Waals surface area contributed by atoms with Crippen LogP contribution >= 0.6 is 0 Å². The van der Waals surface area contributed by atoms with Crippen molar-refractivity contribution in [2.45, 2.75) is 52.5 Å². The Kier molecular flexibility index (Phi) is 5.63. The maximum atomic E-state index is 4.15. The van der Waals surface area contributed by atoms with Crippen molar-refractivity contribution in [3.63, 3.8) is 0 Å². The second-order valence-corrected chi connectivity index (χ2v) is 5.98. The van der Waals surface area contributed by atoms with E-state index in [0.29, 0.717) is 11.5 Å². The molecule has 0 radical (unpaired) electrons. The molecule has 1 heterocycles. The van der Waals surface area contributed by atoms with E-state index in [4.69, 9.17) is 0 Å². The van der Waals surface area contributed by atoms with Crippen LogP contribution in [0.2, 0.25) is 0 Å². The summed E-state index contributed by atoms with van der Waals surface area (Å²) in [5.74, 6) is 0. The average Bonchev–Trinajstić information content (AvgIpc) is 2.29. The molecule has 1 aromatic heterocycles. The first-order chi connectivity index (χ1) is 8.01. The lowest BCUT2D eigenvalue weighted by Crippen LogP contribution is -2.27. The van der Waals surface area contributed by atoms with Crippen LogP contribution in [0.5, 0.6) is 0 Å². The molecule has 0 amide bonds. The van der Waals surface area contributed by atoms with Crippen LogP contribution in [0.4, 0.5) is 0 Å². The van der Waals surface area contributed by atoms with Crippen molar-refractivity contribution in [1.29, 1.82) is 0 Å². The first-order valence-electron chi connectivity index (χ1n) is 6.57. The lowest BCUT2D eigenvalue weighted by molar-refractivity contribution is 0.329. The summed E-state index contributed by atoms with van der Waals surface area (Å²) < 4.78 is 0. The van der Waals surface area contributed by atoms with Gasteiger partial charge in [0, 0.05) is 18.4 Å². The van der Waals surface area contributed by atoms with Crippen LogP contribution in [-0.2, 0) is 6.42 Å². The van der Waals surface area contributed by atoms with Gasteiger partial charge < -0.3 is 5.32 Å². The quantitative estimate of drug-likeness (QED) is 0.815. The van der Waals surface area contributed by atoms with Crippen molar-refractivity contribution in [2.75, 3.05) is 7.05 Å². The monoisotopic (exact) mass is 234 g/mol. The predicted octanol–water partition coefficient (Wildman–Crippen LogP) is 3.43. The first-order valence-corrected chi connectivity index (χ1v) is 6.57. The molecule has 0 aliphatic heterocycles. The van der Waals surface area contributed by atoms with Crippen LogP contribution in [0.15, 0.2) is 24.5 Å². The SMILES string of the molecule is CNC(CCc1cccnc1)CCC(C)(C)C. The Hall–Kier alpha value is -0.890. The third-order valence-corrected chi connectivity index (χ3v) is 3.16. The number of rotatable bonds is 6.